The summed E-state index contributed by atoms with van der Waals surface area (Å²) in [7, 11) is 0. The van der Waals surface area contributed by atoms with Crippen LogP contribution in [0.25, 0.3) is 11.5 Å². The van der Waals surface area contributed by atoms with Gasteiger partial charge < -0.3 is 15.1 Å². The molecule has 0 radical (unpaired) electrons. The van der Waals surface area contributed by atoms with Gasteiger partial charge in [0.05, 0.1) is 0 Å². The Hall–Kier alpha value is -2.14. The van der Waals surface area contributed by atoms with Gasteiger partial charge in [0, 0.05) is 18.7 Å². The molecule has 1 saturated heterocycles. The maximum atomic E-state index is 12.5. The summed E-state index contributed by atoms with van der Waals surface area (Å²) < 4.78 is 5.43. The summed E-state index contributed by atoms with van der Waals surface area (Å²) >= 11 is 0. The van der Waals surface area contributed by atoms with Gasteiger partial charge in [-0.05, 0) is 30.5 Å². The zero-order valence-electron chi connectivity index (χ0n) is 12.1. The lowest BCUT2D eigenvalue weighted by Crippen LogP contribution is -2.34. The molecule has 5 heteroatoms. The van der Waals surface area contributed by atoms with E-state index >= 15 is 0 Å². The van der Waals surface area contributed by atoms with Crippen molar-refractivity contribution in [3.05, 3.63) is 42.3 Å². The van der Waals surface area contributed by atoms with E-state index in [4.69, 9.17) is 10.2 Å². The molecule has 1 fully saturated rings. The molecule has 0 spiro atoms. The van der Waals surface area contributed by atoms with E-state index in [1.54, 1.807) is 4.90 Å². The van der Waals surface area contributed by atoms with Crippen LogP contribution in [0.1, 0.15) is 23.8 Å². The smallest absolute Gasteiger partial charge is 0.275 e. The summed E-state index contributed by atoms with van der Waals surface area (Å²) in [4.78, 5) is 18.6. The summed E-state index contributed by atoms with van der Waals surface area (Å²) in [6, 6.07) is 9.56. The van der Waals surface area contributed by atoms with Crippen LogP contribution >= 0.6 is 0 Å². The van der Waals surface area contributed by atoms with Crippen LogP contribution in [0.2, 0.25) is 0 Å². The minimum atomic E-state index is -0.0851. The molecule has 1 aromatic heterocycles. The SMILES string of the molecule is CC1(CN)CCN(C(=O)c2coc(-c3ccccc3)n2)C1. The van der Waals surface area contributed by atoms with Crippen molar-refractivity contribution in [1.82, 2.24) is 9.88 Å². The summed E-state index contributed by atoms with van der Waals surface area (Å²) in [5, 5.41) is 0. The molecule has 2 aromatic rings. The monoisotopic (exact) mass is 285 g/mol. The molecular weight excluding hydrogens is 266 g/mol. The number of oxazole rings is 1. The average molecular weight is 285 g/mol. The second-order valence-corrected chi connectivity index (χ2v) is 5.90. The number of aromatic nitrogens is 1. The molecule has 0 bridgehead atoms. The van der Waals surface area contributed by atoms with Crippen LogP contribution in [0.15, 0.2) is 41.0 Å². The molecule has 1 aromatic carbocycles. The van der Waals surface area contributed by atoms with Crippen LogP contribution in [0.5, 0.6) is 0 Å². The highest BCUT2D eigenvalue weighted by Gasteiger charge is 2.36. The number of likely N-dealkylation sites (tertiary alicyclic amines) is 1. The van der Waals surface area contributed by atoms with Crippen molar-refractivity contribution in [1.29, 1.82) is 0 Å². The molecule has 1 aliphatic heterocycles. The third-order valence-electron chi connectivity index (χ3n) is 4.08. The lowest BCUT2D eigenvalue weighted by atomic mass is 9.90. The zero-order chi connectivity index (χ0) is 14.9. The van der Waals surface area contributed by atoms with Gasteiger partial charge in [-0.15, -0.1) is 0 Å². The van der Waals surface area contributed by atoms with Gasteiger partial charge in [-0.2, -0.15) is 0 Å². The van der Waals surface area contributed by atoms with E-state index in [-0.39, 0.29) is 11.3 Å². The lowest BCUT2D eigenvalue weighted by Gasteiger charge is -2.21. The van der Waals surface area contributed by atoms with Crippen molar-refractivity contribution in [3.8, 4) is 11.5 Å². The first-order chi connectivity index (χ1) is 10.1. The molecule has 1 amide bonds. The molecule has 1 aliphatic rings. The minimum Gasteiger partial charge on any atom is -0.444 e. The number of hydrogen-bond donors (Lipinski definition) is 1. The standard InChI is InChI=1S/C16H19N3O2/c1-16(10-17)7-8-19(11-16)15(20)13-9-21-14(18-13)12-5-3-2-4-6-12/h2-6,9H,7-8,10-11,17H2,1H3. The molecule has 21 heavy (non-hydrogen) atoms. The van der Waals surface area contributed by atoms with Gasteiger partial charge in [-0.1, -0.05) is 25.1 Å². The second kappa shape index (κ2) is 5.33. The van der Waals surface area contributed by atoms with E-state index in [1.165, 1.54) is 6.26 Å². The predicted octanol–water partition coefficient (Wildman–Crippen LogP) is 2.15. The third-order valence-corrected chi connectivity index (χ3v) is 4.08. The van der Waals surface area contributed by atoms with Crippen LogP contribution < -0.4 is 5.73 Å². The van der Waals surface area contributed by atoms with Crippen LogP contribution in [0.4, 0.5) is 0 Å². The van der Waals surface area contributed by atoms with Gasteiger partial charge in [0.1, 0.15) is 6.26 Å². The fourth-order valence-corrected chi connectivity index (χ4v) is 2.61. The maximum absolute atomic E-state index is 12.5. The normalized spacial score (nSPS) is 21.7. The highest BCUT2D eigenvalue weighted by Crippen LogP contribution is 2.29. The van der Waals surface area contributed by atoms with Crippen molar-refractivity contribution in [2.75, 3.05) is 19.6 Å². The third kappa shape index (κ3) is 2.69. The van der Waals surface area contributed by atoms with Crippen LogP contribution in [0, 0.1) is 5.41 Å². The Morgan fingerprint density at radius 3 is 2.86 bits per heavy atom. The first-order valence-electron chi connectivity index (χ1n) is 7.12. The largest absolute Gasteiger partial charge is 0.444 e. The number of amides is 1. The number of nitrogens with two attached hydrogens (primary N) is 1. The highest BCUT2D eigenvalue weighted by atomic mass is 16.3. The molecule has 1 unspecified atom stereocenters. The van der Waals surface area contributed by atoms with Gasteiger partial charge >= 0.3 is 0 Å². The minimum absolute atomic E-state index is 0.0155. The van der Waals surface area contributed by atoms with E-state index in [9.17, 15) is 4.79 Å². The lowest BCUT2D eigenvalue weighted by molar-refractivity contribution is 0.0771. The van der Waals surface area contributed by atoms with Gasteiger partial charge in [0.2, 0.25) is 5.89 Å². The van der Waals surface area contributed by atoms with Crippen molar-refractivity contribution < 1.29 is 9.21 Å². The summed E-state index contributed by atoms with van der Waals surface area (Å²) in [6.45, 7) is 4.10. The fourth-order valence-electron chi connectivity index (χ4n) is 2.61. The Morgan fingerprint density at radius 1 is 1.43 bits per heavy atom. The topological polar surface area (TPSA) is 72.4 Å². The van der Waals surface area contributed by atoms with E-state index < -0.39 is 0 Å². The van der Waals surface area contributed by atoms with Crippen molar-refractivity contribution in [2.45, 2.75) is 13.3 Å². The van der Waals surface area contributed by atoms with Gasteiger partial charge in [0.15, 0.2) is 5.69 Å². The van der Waals surface area contributed by atoms with E-state index in [1.807, 2.05) is 30.3 Å². The zero-order valence-corrected chi connectivity index (χ0v) is 12.1. The van der Waals surface area contributed by atoms with Gasteiger partial charge in [-0.3, -0.25) is 4.79 Å². The predicted molar refractivity (Wildman–Crippen MR) is 79.6 cm³/mol. The number of rotatable bonds is 3. The molecule has 1 atom stereocenters. The molecule has 2 heterocycles. The van der Waals surface area contributed by atoms with E-state index in [0.29, 0.717) is 24.7 Å². The molecule has 2 N–H and O–H groups in total. The Kier molecular flexibility index (Phi) is 3.51. The van der Waals surface area contributed by atoms with Crippen molar-refractivity contribution in [2.24, 2.45) is 11.1 Å². The summed E-state index contributed by atoms with van der Waals surface area (Å²) in [5.41, 5.74) is 7.01. The number of hydrogen-bond acceptors (Lipinski definition) is 4. The molecular formula is C16H19N3O2. The Morgan fingerprint density at radius 2 is 2.19 bits per heavy atom. The van der Waals surface area contributed by atoms with Crippen LogP contribution in [-0.2, 0) is 0 Å². The van der Waals surface area contributed by atoms with Gasteiger partial charge in [0.25, 0.3) is 5.91 Å². The first-order valence-corrected chi connectivity index (χ1v) is 7.12. The average Bonchev–Trinajstić information content (AvgIpc) is 3.15. The summed E-state index contributed by atoms with van der Waals surface area (Å²) in [6.07, 6.45) is 2.36. The number of carbonyl (C=O) groups excluding carboxylic acids is 1. The number of carbonyl (C=O) groups is 1. The molecule has 0 saturated carbocycles. The first kappa shape index (κ1) is 13.8. The van der Waals surface area contributed by atoms with Crippen LogP contribution in [0.3, 0.4) is 0 Å². The highest BCUT2D eigenvalue weighted by molar-refractivity contribution is 5.92. The molecule has 0 aliphatic carbocycles. The van der Waals surface area contributed by atoms with Gasteiger partial charge in [-0.25, -0.2) is 4.98 Å². The van der Waals surface area contributed by atoms with E-state index in [0.717, 1.165) is 18.5 Å². The second-order valence-electron chi connectivity index (χ2n) is 5.90. The summed E-state index contributed by atoms with van der Waals surface area (Å²) in [5.74, 6) is 0.387. The number of nitrogens with zero attached hydrogens (tertiary/aromatic N) is 2. The van der Waals surface area contributed by atoms with Crippen LogP contribution in [-0.4, -0.2) is 35.4 Å². The Bertz CT molecular complexity index is 638. The van der Waals surface area contributed by atoms with Crippen molar-refractivity contribution in [3.63, 3.8) is 0 Å². The maximum Gasteiger partial charge on any atom is 0.275 e. The van der Waals surface area contributed by atoms with Crippen molar-refractivity contribution >= 4 is 5.91 Å². The molecule has 3 rings (SSSR count). The Balaban J connectivity index is 1.77. The molecule has 110 valence electrons. The fraction of sp³-hybridized carbons (Fsp3) is 0.375. The number of benzene rings is 1. The quantitative estimate of drug-likeness (QED) is 0.938. The Labute approximate surface area is 123 Å². The molecule has 5 nitrogen and oxygen atoms in total. The van der Waals surface area contributed by atoms with E-state index in [2.05, 4.69) is 11.9 Å².